The largest absolute Gasteiger partial charge is 0.513 e. The zero-order valence-corrected chi connectivity index (χ0v) is 8.59. The number of carbonyl (C=O) groups is 2. The zero-order chi connectivity index (χ0) is 12.2. The third-order valence-corrected chi connectivity index (χ3v) is 1.12. The summed E-state index contributed by atoms with van der Waals surface area (Å²) in [6.45, 7) is 6.36. The summed E-state index contributed by atoms with van der Waals surface area (Å²) >= 11 is 0. The molecule has 0 fully saturated rings. The summed E-state index contributed by atoms with van der Waals surface area (Å²) in [7, 11) is 0. The smallest absolute Gasteiger partial charge is 0.430 e. The maximum Gasteiger partial charge on any atom is 0.513 e. The monoisotopic (exact) mass is 228 g/mol. The summed E-state index contributed by atoms with van der Waals surface area (Å²) in [4.78, 5) is 21.2. The summed E-state index contributed by atoms with van der Waals surface area (Å²) in [5.74, 6) is 0. The van der Waals surface area contributed by atoms with Crippen LogP contribution in [0.2, 0.25) is 0 Å². The van der Waals surface area contributed by atoms with Crippen LogP contribution < -0.4 is 0 Å². The van der Waals surface area contributed by atoms with Gasteiger partial charge in [0.15, 0.2) is 0 Å². The van der Waals surface area contributed by atoms with E-state index < -0.39 is 12.3 Å². The first-order valence-corrected chi connectivity index (χ1v) is 4.24. The van der Waals surface area contributed by atoms with Crippen molar-refractivity contribution < 1.29 is 28.5 Å². The number of hydrogen-bond donors (Lipinski definition) is 0. The average Bonchev–Trinajstić information content (AvgIpc) is 2.24. The zero-order valence-electron chi connectivity index (χ0n) is 8.59. The number of rotatable bonds is 6. The predicted molar refractivity (Wildman–Crippen MR) is 54.4 cm³/mol. The molecule has 0 aliphatic carbocycles. The van der Waals surface area contributed by atoms with Gasteiger partial charge in [-0.05, 0) is 12.2 Å². The number of ether oxygens (including phenoxy) is 4. The Morgan fingerprint density at radius 3 is 1.56 bits per heavy atom. The van der Waals surface area contributed by atoms with Gasteiger partial charge in [-0.15, -0.1) is 0 Å². The molecule has 0 spiro atoms. The Bertz CT molecular complexity index is 253. The van der Waals surface area contributed by atoms with Crippen LogP contribution in [0.1, 0.15) is 0 Å². The summed E-state index contributed by atoms with van der Waals surface area (Å²) in [6, 6.07) is 0. The van der Waals surface area contributed by atoms with E-state index in [0.29, 0.717) is 0 Å². The first-order chi connectivity index (χ1) is 7.70. The lowest BCUT2D eigenvalue weighted by atomic mass is 10.5. The Balaban J connectivity index is 3.48. The quantitative estimate of drug-likeness (QED) is 0.394. The third-order valence-electron chi connectivity index (χ3n) is 1.12. The van der Waals surface area contributed by atoms with Crippen LogP contribution in [-0.4, -0.2) is 25.5 Å². The summed E-state index contributed by atoms with van der Waals surface area (Å²) in [6.07, 6.45) is 3.16. The molecule has 16 heavy (non-hydrogen) atoms. The van der Waals surface area contributed by atoms with E-state index in [4.69, 9.17) is 0 Å². The van der Waals surface area contributed by atoms with Gasteiger partial charge in [-0.2, -0.15) is 0 Å². The highest BCUT2D eigenvalue weighted by Crippen LogP contribution is 1.88. The van der Waals surface area contributed by atoms with Crippen LogP contribution in [0.15, 0.2) is 37.8 Å². The molecule has 0 amide bonds. The lowest BCUT2D eigenvalue weighted by Gasteiger charge is -1.99. The molecule has 0 rings (SSSR count). The van der Waals surface area contributed by atoms with E-state index in [-0.39, 0.29) is 13.2 Å². The van der Waals surface area contributed by atoms with Gasteiger partial charge in [0.1, 0.15) is 13.2 Å². The second-order valence-electron chi connectivity index (χ2n) is 2.16. The SMILES string of the molecule is C=COC(=O)OCC=CCOC(=O)OC=C. The van der Waals surface area contributed by atoms with E-state index in [1.54, 1.807) is 0 Å². The molecule has 0 aromatic carbocycles. The molecule has 0 aromatic heterocycles. The van der Waals surface area contributed by atoms with Crippen LogP contribution in [0.25, 0.3) is 0 Å². The van der Waals surface area contributed by atoms with Gasteiger partial charge in [-0.25, -0.2) is 9.59 Å². The minimum Gasteiger partial charge on any atom is -0.430 e. The maximum atomic E-state index is 10.6. The Morgan fingerprint density at radius 1 is 0.875 bits per heavy atom. The van der Waals surface area contributed by atoms with E-state index in [1.807, 2.05) is 0 Å². The Kier molecular flexibility index (Phi) is 8.02. The molecule has 88 valence electrons. The molecule has 0 aromatic rings. The number of carbonyl (C=O) groups excluding carboxylic acids is 2. The minimum atomic E-state index is -0.855. The van der Waals surface area contributed by atoms with Crippen LogP contribution >= 0.6 is 0 Å². The molecule has 0 N–H and O–H groups in total. The van der Waals surface area contributed by atoms with Gasteiger partial charge >= 0.3 is 12.3 Å². The molecule has 6 heteroatoms. The summed E-state index contributed by atoms with van der Waals surface area (Å²) in [5, 5.41) is 0. The van der Waals surface area contributed by atoms with Gasteiger partial charge in [0.05, 0.1) is 12.5 Å². The lowest BCUT2D eigenvalue weighted by Crippen LogP contribution is -2.04. The van der Waals surface area contributed by atoms with E-state index in [0.717, 1.165) is 12.5 Å². The molecule has 0 saturated carbocycles. The van der Waals surface area contributed by atoms with Crippen molar-refractivity contribution in [2.24, 2.45) is 0 Å². The van der Waals surface area contributed by atoms with E-state index in [9.17, 15) is 9.59 Å². The standard InChI is InChI=1S/C10H12O6/c1-3-13-9(11)15-7-5-6-8-16-10(12)14-4-2/h3-6H,1-2,7-8H2. The van der Waals surface area contributed by atoms with E-state index in [1.165, 1.54) is 12.2 Å². The van der Waals surface area contributed by atoms with Crippen molar-refractivity contribution in [3.63, 3.8) is 0 Å². The molecule has 0 unspecified atom stereocenters. The fourth-order valence-electron chi connectivity index (χ4n) is 0.573. The highest BCUT2D eigenvalue weighted by molar-refractivity contribution is 5.61. The highest BCUT2D eigenvalue weighted by atomic mass is 16.7. The van der Waals surface area contributed by atoms with Crippen molar-refractivity contribution in [1.29, 1.82) is 0 Å². The third kappa shape index (κ3) is 8.36. The second kappa shape index (κ2) is 9.32. The fourth-order valence-corrected chi connectivity index (χ4v) is 0.573. The second-order valence-corrected chi connectivity index (χ2v) is 2.16. The number of hydrogen-bond acceptors (Lipinski definition) is 6. The Labute approximate surface area is 92.7 Å². The van der Waals surface area contributed by atoms with Crippen LogP contribution in [0.4, 0.5) is 9.59 Å². The van der Waals surface area contributed by atoms with Crippen molar-refractivity contribution >= 4 is 12.3 Å². The topological polar surface area (TPSA) is 71.1 Å². The van der Waals surface area contributed by atoms with Crippen LogP contribution in [0.5, 0.6) is 0 Å². The summed E-state index contributed by atoms with van der Waals surface area (Å²) < 4.78 is 17.6. The summed E-state index contributed by atoms with van der Waals surface area (Å²) in [5.41, 5.74) is 0. The maximum absolute atomic E-state index is 10.6. The molecule has 0 bridgehead atoms. The van der Waals surface area contributed by atoms with Crippen LogP contribution in [-0.2, 0) is 18.9 Å². The molecule has 0 atom stereocenters. The van der Waals surface area contributed by atoms with Crippen LogP contribution in [0, 0.1) is 0 Å². The van der Waals surface area contributed by atoms with Gasteiger partial charge in [-0.3, -0.25) is 0 Å². The molecule has 0 aliphatic heterocycles. The predicted octanol–water partition coefficient (Wildman–Crippen LogP) is 2.14. The highest BCUT2D eigenvalue weighted by Gasteiger charge is 1.99. The van der Waals surface area contributed by atoms with Gasteiger partial charge in [0.25, 0.3) is 0 Å². The fraction of sp³-hybridized carbons (Fsp3) is 0.200. The van der Waals surface area contributed by atoms with Crippen LogP contribution in [0.3, 0.4) is 0 Å². The first-order valence-electron chi connectivity index (χ1n) is 4.24. The Morgan fingerprint density at radius 2 is 1.25 bits per heavy atom. The molecule has 0 radical (unpaired) electrons. The van der Waals surface area contributed by atoms with E-state index in [2.05, 4.69) is 32.1 Å². The van der Waals surface area contributed by atoms with Crippen molar-refractivity contribution in [3.05, 3.63) is 37.8 Å². The minimum absolute atomic E-state index is 0.00649. The van der Waals surface area contributed by atoms with Crippen molar-refractivity contribution in [2.75, 3.05) is 13.2 Å². The average molecular weight is 228 g/mol. The first kappa shape index (κ1) is 13.8. The van der Waals surface area contributed by atoms with Crippen molar-refractivity contribution in [1.82, 2.24) is 0 Å². The molecule has 0 heterocycles. The van der Waals surface area contributed by atoms with Gasteiger partial charge < -0.3 is 18.9 Å². The van der Waals surface area contributed by atoms with E-state index >= 15 is 0 Å². The molecular formula is C10H12O6. The molecule has 6 nitrogen and oxygen atoms in total. The van der Waals surface area contributed by atoms with Gasteiger partial charge in [0, 0.05) is 0 Å². The van der Waals surface area contributed by atoms with Crippen molar-refractivity contribution in [3.8, 4) is 0 Å². The molecule has 0 saturated heterocycles. The van der Waals surface area contributed by atoms with Gasteiger partial charge in [0.2, 0.25) is 0 Å². The van der Waals surface area contributed by atoms with Gasteiger partial charge in [-0.1, -0.05) is 13.2 Å². The Hall–Kier alpha value is -2.24. The lowest BCUT2D eigenvalue weighted by molar-refractivity contribution is 0.0908. The van der Waals surface area contributed by atoms with Crippen molar-refractivity contribution in [2.45, 2.75) is 0 Å². The molecule has 0 aliphatic rings. The normalized spacial score (nSPS) is 9.25. The molecular weight excluding hydrogens is 216 g/mol.